The maximum absolute atomic E-state index is 13.5. The van der Waals surface area contributed by atoms with Crippen molar-refractivity contribution < 1.29 is 28.9 Å². The van der Waals surface area contributed by atoms with Gasteiger partial charge in [-0.2, -0.15) is 0 Å². The molecule has 1 N–H and O–H groups in total. The number of nitrogens with zero attached hydrogens (tertiary/aromatic N) is 2. The number of ether oxygens (including phenoxy) is 3. The lowest BCUT2D eigenvalue weighted by atomic mass is 10.0. The van der Waals surface area contributed by atoms with Crippen LogP contribution in [0.1, 0.15) is 87.5 Å². The summed E-state index contributed by atoms with van der Waals surface area (Å²) in [6.45, 7) is 11.0. The van der Waals surface area contributed by atoms with Crippen LogP contribution in [-0.4, -0.2) is 58.2 Å². The third-order valence-corrected chi connectivity index (χ3v) is 8.53. The summed E-state index contributed by atoms with van der Waals surface area (Å²) < 4.78 is 20.2. The summed E-state index contributed by atoms with van der Waals surface area (Å²) in [4.78, 5) is 27.1. The number of hydrogen-bond donors (Lipinski definition) is 1. The van der Waals surface area contributed by atoms with Gasteiger partial charge in [0.15, 0.2) is 6.29 Å². The van der Waals surface area contributed by atoms with Crippen molar-refractivity contribution in [1.29, 1.82) is 0 Å². The second kappa shape index (κ2) is 14.9. The summed E-state index contributed by atoms with van der Waals surface area (Å²) in [5.74, 6) is -0.931. The number of fused-ring (bicyclic) bond motifs is 1. The number of aromatic carboxylic acids is 1. The van der Waals surface area contributed by atoms with Crippen LogP contribution in [0.5, 0.6) is 0 Å². The van der Waals surface area contributed by atoms with Crippen molar-refractivity contribution in [3.63, 3.8) is 0 Å². The first-order valence-corrected chi connectivity index (χ1v) is 16.7. The van der Waals surface area contributed by atoms with E-state index in [1.54, 1.807) is 11.1 Å². The number of benzene rings is 3. The molecule has 2 heterocycles. The highest BCUT2D eigenvalue weighted by molar-refractivity contribution is 6.30. The second-order valence-corrected chi connectivity index (χ2v) is 13.9. The summed E-state index contributed by atoms with van der Waals surface area (Å²) in [7, 11) is 0. The molecule has 1 fully saturated rings. The van der Waals surface area contributed by atoms with Gasteiger partial charge in [-0.1, -0.05) is 60.1 Å². The Morgan fingerprint density at radius 2 is 1.79 bits per heavy atom. The lowest BCUT2D eigenvalue weighted by molar-refractivity contribution is -0.192. The minimum atomic E-state index is -0.931. The predicted molar refractivity (Wildman–Crippen MR) is 185 cm³/mol. The number of halogens is 1. The Bertz CT molecular complexity index is 1680. The topological polar surface area (TPSA) is 90.2 Å². The molecule has 1 aromatic heterocycles. The molecule has 8 nitrogen and oxygen atoms in total. The minimum Gasteiger partial charge on any atom is -0.478 e. The van der Waals surface area contributed by atoms with E-state index in [4.69, 9.17) is 25.8 Å². The van der Waals surface area contributed by atoms with E-state index in [1.807, 2.05) is 81.7 Å². The maximum Gasteiger partial charge on any atom is 0.410 e. The van der Waals surface area contributed by atoms with E-state index in [0.717, 1.165) is 52.4 Å². The highest BCUT2D eigenvalue weighted by Crippen LogP contribution is 2.31. The van der Waals surface area contributed by atoms with E-state index in [-0.39, 0.29) is 18.9 Å². The van der Waals surface area contributed by atoms with Crippen LogP contribution in [-0.2, 0) is 20.6 Å². The molecular formula is C38H45ClN2O6. The highest BCUT2D eigenvalue weighted by Gasteiger charge is 2.28. The Hall–Kier alpha value is -3.85. The van der Waals surface area contributed by atoms with Crippen LogP contribution in [0.25, 0.3) is 22.0 Å². The first-order valence-electron chi connectivity index (χ1n) is 16.4. The maximum atomic E-state index is 13.5. The summed E-state index contributed by atoms with van der Waals surface area (Å²) in [6, 6.07) is 21.8. The molecule has 1 aliphatic rings. The molecule has 9 heteroatoms. The smallest absolute Gasteiger partial charge is 0.410 e. The van der Waals surface area contributed by atoms with Gasteiger partial charge in [0.25, 0.3) is 0 Å². The van der Waals surface area contributed by atoms with E-state index in [2.05, 4.69) is 24.3 Å². The Morgan fingerprint density at radius 1 is 1.04 bits per heavy atom. The second-order valence-electron chi connectivity index (χ2n) is 13.4. The fraction of sp³-hybridized carbons (Fsp3) is 0.421. The van der Waals surface area contributed by atoms with Crippen molar-refractivity contribution in [3.8, 4) is 11.1 Å². The normalized spacial score (nSPS) is 15.9. The number of hydrogen-bond acceptors (Lipinski definition) is 5. The average molecular weight is 661 g/mol. The molecule has 0 bridgehead atoms. The van der Waals surface area contributed by atoms with Crippen molar-refractivity contribution in [2.45, 2.75) is 84.3 Å². The van der Waals surface area contributed by atoms with Gasteiger partial charge in [-0.25, -0.2) is 9.59 Å². The zero-order valence-corrected chi connectivity index (χ0v) is 28.6. The fourth-order valence-electron chi connectivity index (χ4n) is 5.88. The first kappa shape index (κ1) is 34.5. The third kappa shape index (κ3) is 8.95. The van der Waals surface area contributed by atoms with Gasteiger partial charge in [0, 0.05) is 41.3 Å². The number of carboxylic acids is 1. The Balaban J connectivity index is 1.35. The van der Waals surface area contributed by atoms with Crippen LogP contribution in [0.3, 0.4) is 0 Å². The molecule has 0 saturated carbocycles. The Kier molecular flexibility index (Phi) is 11.0. The molecule has 2 unspecified atom stereocenters. The predicted octanol–water partition coefficient (Wildman–Crippen LogP) is 9.30. The van der Waals surface area contributed by atoms with E-state index in [0.29, 0.717) is 30.2 Å². The number of amides is 1. The van der Waals surface area contributed by atoms with Gasteiger partial charge in [-0.15, -0.1) is 0 Å². The van der Waals surface area contributed by atoms with E-state index >= 15 is 0 Å². The summed E-state index contributed by atoms with van der Waals surface area (Å²) in [5, 5.41) is 11.0. The van der Waals surface area contributed by atoms with E-state index in [9.17, 15) is 14.7 Å². The molecule has 1 aliphatic heterocycles. The molecule has 0 spiro atoms. The number of rotatable bonds is 11. The standard InChI is InChI=1S/C38H45ClN2O6/c1-25(2)41-23-32(36(42)43)31-17-16-28(22-33(31)41)27-14-12-26(13-15-27)18-19-40(37(44)47-38(3,4)5)24-34(29-9-8-10-30(39)21-29)46-35-11-6-7-20-45-35/h8-10,12-17,21-23,25,34-35H,6-7,11,18-20,24H2,1-5H3,(H,42,43). The largest absolute Gasteiger partial charge is 0.478 e. The van der Waals surface area contributed by atoms with Crippen molar-refractivity contribution in [2.75, 3.05) is 19.7 Å². The lowest BCUT2D eigenvalue weighted by Crippen LogP contribution is -2.41. The van der Waals surface area contributed by atoms with Gasteiger partial charge in [-0.05, 0) is 101 Å². The molecule has 250 valence electrons. The fourth-order valence-corrected chi connectivity index (χ4v) is 6.07. The van der Waals surface area contributed by atoms with Crippen LogP contribution in [0, 0.1) is 0 Å². The van der Waals surface area contributed by atoms with Crippen molar-refractivity contribution in [1.82, 2.24) is 9.47 Å². The van der Waals surface area contributed by atoms with Gasteiger partial charge < -0.3 is 28.8 Å². The molecule has 3 aromatic carbocycles. The Labute approximate surface area is 282 Å². The zero-order chi connectivity index (χ0) is 33.7. The van der Waals surface area contributed by atoms with E-state index in [1.165, 1.54) is 0 Å². The number of aromatic nitrogens is 1. The van der Waals surface area contributed by atoms with Crippen molar-refractivity contribution >= 4 is 34.6 Å². The summed E-state index contributed by atoms with van der Waals surface area (Å²) in [6.07, 6.45) is 3.96. The van der Waals surface area contributed by atoms with Crippen LogP contribution in [0.4, 0.5) is 4.79 Å². The molecule has 1 amide bonds. The van der Waals surface area contributed by atoms with Gasteiger partial charge in [0.1, 0.15) is 11.7 Å². The van der Waals surface area contributed by atoms with Crippen LogP contribution in [0.15, 0.2) is 72.9 Å². The SMILES string of the molecule is CC(C)n1cc(C(=O)O)c2ccc(-c3ccc(CCN(CC(OC4CCCCO4)c4cccc(Cl)c4)C(=O)OC(C)(C)C)cc3)cc21. The molecule has 2 atom stereocenters. The van der Waals surface area contributed by atoms with Crippen molar-refractivity contribution in [2.24, 2.45) is 0 Å². The molecular weight excluding hydrogens is 616 g/mol. The first-order chi connectivity index (χ1) is 22.4. The summed E-state index contributed by atoms with van der Waals surface area (Å²) >= 11 is 6.36. The van der Waals surface area contributed by atoms with E-state index < -0.39 is 23.8 Å². The summed E-state index contributed by atoms with van der Waals surface area (Å²) in [5.41, 5.74) is 4.51. The molecule has 0 aliphatic carbocycles. The van der Waals surface area contributed by atoms with Gasteiger partial charge in [-0.3, -0.25) is 0 Å². The number of carbonyl (C=O) groups is 2. The van der Waals surface area contributed by atoms with Gasteiger partial charge >= 0.3 is 12.1 Å². The van der Waals surface area contributed by atoms with Crippen LogP contribution in [0.2, 0.25) is 5.02 Å². The molecule has 0 radical (unpaired) electrons. The minimum absolute atomic E-state index is 0.121. The monoisotopic (exact) mass is 660 g/mol. The van der Waals surface area contributed by atoms with Gasteiger partial charge in [0.2, 0.25) is 0 Å². The third-order valence-electron chi connectivity index (χ3n) is 8.29. The van der Waals surface area contributed by atoms with Crippen molar-refractivity contribution in [3.05, 3.63) is 94.6 Å². The van der Waals surface area contributed by atoms with Crippen LogP contribution < -0.4 is 0 Å². The molecule has 47 heavy (non-hydrogen) atoms. The van der Waals surface area contributed by atoms with Crippen LogP contribution >= 0.6 is 11.6 Å². The quantitative estimate of drug-likeness (QED) is 0.172. The Morgan fingerprint density at radius 3 is 2.43 bits per heavy atom. The lowest BCUT2D eigenvalue weighted by Gasteiger charge is -2.33. The highest BCUT2D eigenvalue weighted by atomic mass is 35.5. The average Bonchev–Trinajstić information content (AvgIpc) is 3.42. The molecule has 4 aromatic rings. The van der Waals surface area contributed by atoms with Gasteiger partial charge in [0.05, 0.1) is 12.1 Å². The number of carbonyl (C=O) groups excluding carboxylic acids is 1. The number of carboxylic acid groups (broad SMARTS) is 1. The molecule has 5 rings (SSSR count). The zero-order valence-electron chi connectivity index (χ0n) is 27.9. The molecule has 1 saturated heterocycles.